The molecule has 0 unspecified atom stereocenters. The number of nitrogens with zero attached hydrogens (tertiary/aromatic N) is 2. The maximum atomic E-state index is 13.4. The topological polar surface area (TPSA) is 61.9 Å². The van der Waals surface area contributed by atoms with Crippen LogP contribution in [0.5, 0.6) is 5.75 Å². The number of carbonyl (C=O) groups is 2. The number of anilines is 1. The highest BCUT2D eigenvalue weighted by molar-refractivity contribution is 9.10. The van der Waals surface area contributed by atoms with E-state index in [1.165, 1.54) is 12.8 Å². The summed E-state index contributed by atoms with van der Waals surface area (Å²) < 4.78 is 6.11. The summed E-state index contributed by atoms with van der Waals surface area (Å²) in [5.41, 5.74) is 1.47. The molecule has 2 aromatic rings. The van der Waals surface area contributed by atoms with Crippen molar-refractivity contribution in [2.75, 3.05) is 38.6 Å². The molecule has 2 aromatic carbocycles. The first-order valence-corrected chi connectivity index (χ1v) is 12.1. The molecule has 1 aliphatic heterocycles. The van der Waals surface area contributed by atoms with Crippen LogP contribution in [0.3, 0.4) is 0 Å². The average Bonchev–Trinajstić information content (AvgIpc) is 3.34. The van der Waals surface area contributed by atoms with Crippen LogP contribution in [-0.2, 0) is 4.79 Å². The second kappa shape index (κ2) is 10.5. The number of carbonyl (C=O) groups excluding carboxylic acids is 2. The Hall–Kier alpha value is -2.38. The van der Waals surface area contributed by atoms with Gasteiger partial charge in [-0.3, -0.25) is 14.5 Å². The fourth-order valence-corrected chi connectivity index (χ4v) is 5.25. The lowest BCUT2D eigenvalue weighted by Crippen LogP contribution is -2.56. The van der Waals surface area contributed by atoms with E-state index in [-0.39, 0.29) is 17.9 Å². The molecule has 1 saturated carbocycles. The average molecular weight is 500 g/mol. The van der Waals surface area contributed by atoms with E-state index in [9.17, 15) is 9.59 Å². The van der Waals surface area contributed by atoms with Crippen LogP contribution in [0.25, 0.3) is 0 Å². The van der Waals surface area contributed by atoms with Gasteiger partial charge in [0, 0.05) is 41.9 Å². The first-order valence-electron chi connectivity index (χ1n) is 11.3. The van der Waals surface area contributed by atoms with E-state index in [0.717, 1.165) is 28.8 Å². The molecule has 6 nitrogen and oxygen atoms in total. The minimum atomic E-state index is -0.164. The van der Waals surface area contributed by atoms with Crippen molar-refractivity contribution in [1.82, 2.24) is 9.80 Å². The summed E-state index contributed by atoms with van der Waals surface area (Å²) in [7, 11) is 1.63. The fourth-order valence-electron chi connectivity index (χ4n) is 4.85. The molecule has 7 heteroatoms. The van der Waals surface area contributed by atoms with Crippen molar-refractivity contribution in [2.45, 2.75) is 31.7 Å². The maximum absolute atomic E-state index is 13.4. The van der Waals surface area contributed by atoms with Crippen molar-refractivity contribution < 1.29 is 14.3 Å². The SMILES string of the molecule is COc1ccc(NC(=O)[C@@H](C2CCCC2)N2CCN(C(=O)c3cccc(Br)c3)CC2)cc1. The molecule has 0 bridgehead atoms. The lowest BCUT2D eigenvalue weighted by molar-refractivity contribution is -0.123. The van der Waals surface area contributed by atoms with Crippen LogP contribution in [0.2, 0.25) is 0 Å². The van der Waals surface area contributed by atoms with Gasteiger partial charge >= 0.3 is 0 Å². The van der Waals surface area contributed by atoms with E-state index in [0.29, 0.717) is 37.7 Å². The number of hydrogen-bond acceptors (Lipinski definition) is 4. The molecule has 1 heterocycles. The van der Waals surface area contributed by atoms with Gasteiger partial charge in [0.05, 0.1) is 13.2 Å². The summed E-state index contributed by atoms with van der Waals surface area (Å²) >= 11 is 3.44. The van der Waals surface area contributed by atoms with E-state index >= 15 is 0 Å². The molecular weight excluding hydrogens is 470 g/mol. The predicted octanol–water partition coefficient (Wildman–Crippen LogP) is 4.41. The highest BCUT2D eigenvalue weighted by Crippen LogP contribution is 2.32. The molecule has 2 amide bonds. The Morgan fingerprint density at radius 2 is 1.72 bits per heavy atom. The molecule has 0 spiro atoms. The number of piperazine rings is 1. The molecule has 1 saturated heterocycles. The summed E-state index contributed by atoms with van der Waals surface area (Å²) in [6, 6.07) is 14.8. The van der Waals surface area contributed by atoms with Gasteiger partial charge in [-0.1, -0.05) is 34.8 Å². The molecule has 170 valence electrons. The summed E-state index contributed by atoms with van der Waals surface area (Å²) in [6.45, 7) is 2.67. The van der Waals surface area contributed by atoms with Gasteiger partial charge in [-0.25, -0.2) is 0 Å². The lowest BCUT2D eigenvalue weighted by atomic mass is 9.94. The molecule has 0 radical (unpaired) electrons. The Morgan fingerprint density at radius 1 is 1.03 bits per heavy atom. The van der Waals surface area contributed by atoms with Gasteiger partial charge in [0.15, 0.2) is 0 Å². The zero-order valence-electron chi connectivity index (χ0n) is 18.4. The van der Waals surface area contributed by atoms with Crippen LogP contribution < -0.4 is 10.1 Å². The van der Waals surface area contributed by atoms with Gasteiger partial charge in [0.25, 0.3) is 5.91 Å². The zero-order valence-corrected chi connectivity index (χ0v) is 20.0. The number of hydrogen-bond donors (Lipinski definition) is 1. The molecule has 4 rings (SSSR count). The summed E-state index contributed by atoms with van der Waals surface area (Å²) in [5, 5.41) is 3.11. The maximum Gasteiger partial charge on any atom is 0.253 e. The van der Waals surface area contributed by atoms with Crippen molar-refractivity contribution >= 4 is 33.4 Å². The van der Waals surface area contributed by atoms with E-state index in [1.54, 1.807) is 7.11 Å². The van der Waals surface area contributed by atoms with Crippen molar-refractivity contribution in [1.29, 1.82) is 0 Å². The molecule has 2 aliphatic rings. The highest BCUT2D eigenvalue weighted by Gasteiger charge is 2.37. The van der Waals surface area contributed by atoms with Crippen molar-refractivity contribution in [3.8, 4) is 5.75 Å². The number of benzene rings is 2. The minimum absolute atomic E-state index is 0.0473. The van der Waals surface area contributed by atoms with Crippen molar-refractivity contribution in [3.63, 3.8) is 0 Å². The second-order valence-electron chi connectivity index (χ2n) is 8.55. The Balaban J connectivity index is 1.42. The highest BCUT2D eigenvalue weighted by atomic mass is 79.9. The molecule has 32 heavy (non-hydrogen) atoms. The van der Waals surface area contributed by atoms with Crippen LogP contribution in [0, 0.1) is 5.92 Å². The van der Waals surface area contributed by atoms with Crippen LogP contribution in [0.1, 0.15) is 36.0 Å². The number of rotatable bonds is 6. The monoisotopic (exact) mass is 499 g/mol. The van der Waals surface area contributed by atoms with Gasteiger partial charge in [-0.05, 0) is 61.2 Å². The van der Waals surface area contributed by atoms with E-state index in [1.807, 2.05) is 53.4 Å². The van der Waals surface area contributed by atoms with Crippen LogP contribution in [-0.4, -0.2) is 60.9 Å². The first-order chi connectivity index (χ1) is 15.5. The normalized spacial score (nSPS) is 18.4. The standard InChI is InChI=1S/C25H30BrN3O3/c1-32-22-11-9-21(10-12-22)27-24(30)23(18-5-2-3-6-18)28-13-15-29(16-14-28)25(31)19-7-4-8-20(26)17-19/h4,7-12,17-18,23H,2-3,5-6,13-16H2,1H3,(H,27,30)/t23-/m1/s1. The summed E-state index contributed by atoms with van der Waals surface area (Å²) in [6.07, 6.45) is 4.52. The van der Waals surface area contributed by atoms with Crippen molar-refractivity contribution in [2.24, 2.45) is 5.92 Å². The minimum Gasteiger partial charge on any atom is -0.497 e. The van der Waals surface area contributed by atoms with Crippen molar-refractivity contribution in [3.05, 3.63) is 58.6 Å². The quantitative estimate of drug-likeness (QED) is 0.639. The predicted molar refractivity (Wildman–Crippen MR) is 129 cm³/mol. The van der Waals surface area contributed by atoms with Gasteiger partial charge in [-0.2, -0.15) is 0 Å². The zero-order chi connectivity index (χ0) is 22.5. The number of ether oxygens (including phenoxy) is 1. The largest absolute Gasteiger partial charge is 0.497 e. The summed E-state index contributed by atoms with van der Waals surface area (Å²) in [5.74, 6) is 1.22. The van der Waals surface area contributed by atoms with Gasteiger partial charge in [0.2, 0.25) is 5.91 Å². The molecule has 0 aromatic heterocycles. The third-order valence-electron chi connectivity index (χ3n) is 6.54. The Labute approximate surface area is 198 Å². The van der Waals surface area contributed by atoms with Gasteiger partial charge in [-0.15, -0.1) is 0 Å². The Kier molecular flexibility index (Phi) is 7.48. The fraction of sp³-hybridized carbons (Fsp3) is 0.440. The number of halogens is 1. The smallest absolute Gasteiger partial charge is 0.253 e. The van der Waals surface area contributed by atoms with Gasteiger partial charge < -0.3 is 15.0 Å². The van der Waals surface area contributed by atoms with E-state index < -0.39 is 0 Å². The molecular formula is C25H30BrN3O3. The first kappa shape index (κ1) is 22.8. The summed E-state index contributed by atoms with van der Waals surface area (Å²) in [4.78, 5) is 30.4. The molecule has 1 atom stereocenters. The third-order valence-corrected chi connectivity index (χ3v) is 7.03. The third kappa shape index (κ3) is 5.33. The van der Waals surface area contributed by atoms with E-state index in [4.69, 9.17) is 4.74 Å². The second-order valence-corrected chi connectivity index (χ2v) is 9.46. The van der Waals surface area contributed by atoms with Crippen LogP contribution in [0.15, 0.2) is 53.0 Å². The Morgan fingerprint density at radius 3 is 2.34 bits per heavy atom. The van der Waals surface area contributed by atoms with E-state index in [2.05, 4.69) is 26.1 Å². The number of nitrogens with one attached hydrogen (secondary N) is 1. The van der Waals surface area contributed by atoms with Gasteiger partial charge in [0.1, 0.15) is 5.75 Å². The van der Waals surface area contributed by atoms with Crippen LogP contribution in [0.4, 0.5) is 5.69 Å². The van der Waals surface area contributed by atoms with Crippen LogP contribution >= 0.6 is 15.9 Å². The molecule has 1 aliphatic carbocycles. The molecule has 1 N–H and O–H groups in total. The number of methoxy groups -OCH3 is 1. The number of amides is 2. The Bertz CT molecular complexity index is 936. The lowest BCUT2D eigenvalue weighted by Gasteiger charge is -2.40. The molecule has 2 fully saturated rings.